The predicted octanol–water partition coefficient (Wildman–Crippen LogP) is 1.14. The van der Waals surface area contributed by atoms with Gasteiger partial charge in [0.2, 0.25) is 5.91 Å². The number of nitrogens with two attached hydrogens (primary N) is 1. The van der Waals surface area contributed by atoms with Gasteiger partial charge in [-0.3, -0.25) is 4.79 Å². The van der Waals surface area contributed by atoms with Crippen LogP contribution < -0.4 is 15.8 Å². The van der Waals surface area contributed by atoms with Crippen molar-refractivity contribution in [3.8, 4) is 5.75 Å². The van der Waals surface area contributed by atoms with E-state index in [1.165, 1.54) is 11.1 Å². The standard InChI is InChI=1S/C13H16N2O2/c1-7-12-8(2-3-11(16)15-12)4-9-5-10(6-14)17-13(7)9/h4,10H,2-3,5-6,14H2,1H3,(H,15,16). The Kier molecular flexibility index (Phi) is 2.33. The maximum atomic E-state index is 11.4. The number of ether oxygens (including phenoxy) is 1. The van der Waals surface area contributed by atoms with Gasteiger partial charge in [0.25, 0.3) is 0 Å². The highest BCUT2D eigenvalue weighted by Crippen LogP contribution is 2.40. The second-order valence-corrected chi connectivity index (χ2v) is 4.75. The number of carbonyl (C=O) groups excluding carboxylic acids is 1. The minimum atomic E-state index is 0.0863. The fourth-order valence-corrected chi connectivity index (χ4v) is 2.67. The Morgan fingerprint density at radius 2 is 2.29 bits per heavy atom. The van der Waals surface area contributed by atoms with E-state index in [4.69, 9.17) is 10.5 Å². The molecule has 1 unspecified atom stereocenters. The number of aryl methyl sites for hydroxylation is 1. The molecule has 3 rings (SSSR count). The fourth-order valence-electron chi connectivity index (χ4n) is 2.67. The molecule has 0 aromatic heterocycles. The second kappa shape index (κ2) is 3.74. The molecule has 90 valence electrons. The lowest BCUT2D eigenvalue weighted by atomic mass is 9.95. The van der Waals surface area contributed by atoms with E-state index in [0.717, 1.165) is 29.8 Å². The number of nitrogens with one attached hydrogen (secondary N) is 1. The van der Waals surface area contributed by atoms with Gasteiger partial charge in [0.15, 0.2) is 0 Å². The van der Waals surface area contributed by atoms with Crippen LogP contribution in [0.2, 0.25) is 0 Å². The second-order valence-electron chi connectivity index (χ2n) is 4.75. The summed E-state index contributed by atoms with van der Waals surface area (Å²) in [6.07, 6.45) is 2.37. The molecule has 2 aliphatic heterocycles. The Morgan fingerprint density at radius 1 is 1.47 bits per heavy atom. The lowest BCUT2D eigenvalue weighted by molar-refractivity contribution is -0.116. The van der Waals surface area contributed by atoms with E-state index in [1.54, 1.807) is 0 Å². The lowest BCUT2D eigenvalue weighted by Gasteiger charge is -2.21. The van der Waals surface area contributed by atoms with Crippen LogP contribution in [0.4, 0.5) is 5.69 Å². The van der Waals surface area contributed by atoms with Crippen molar-refractivity contribution in [1.82, 2.24) is 0 Å². The first kappa shape index (κ1) is 10.6. The number of hydrogen-bond donors (Lipinski definition) is 2. The van der Waals surface area contributed by atoms with Gasteiger partial charge in [-0.2, -0.15) is 0 Å². The van der Waals surface area contributed by atoms with E-state index >= 15 is 0 Å². The van der Waals surface area contributed by atoms with Gasteiger partial charge in [-0.15, -0.1) is 0 Å². The van der Waals surface area contributed by atoms with Crippen molar-refractivity contribution in [1.29, 1.82) is 0 Å². The Morgan fingerprint density at radius 3 is 3.06 bits per heavy atom. The highest BCUT2D eigenvalue weighted by atomic mass is 16.5. The minimum absolute atomic E-state index is 0.0863. The summed E-state index contributed by atoms with van der Waals surface area (Å²) < 4.78 is 5.81. The molecule has 0 radical (unpaired) electrons. The maximum absolute atomic E-state index is 11.4. The van der Waals surface area contributed by atoms with E-state index in [2.05, 4.69) is 11.4 Å². The average Bonchev–Trinajstić information content (AvgIpc) is 2.74. The molecule has 2 aliphatic rings. The molecule has 2 heterocycles. The summed E-state index contributed by atoms with van der Waals surface area (Å²) in [5, 5.41) is 2.94. The summed E-state index contributed by atoms with van der Waals surface area (Å²) in [7, 11) is 0. The normalized spacial score (nSPS) is 21.5. The van der Waals surface area contributed by atoms with Crippen LogP contribution in [-0.4, -0.2) is 18.6 Å². The van der Waals surface area contributed by atoms with Crippen molar-refractivity contribution >= 4 is 11.6 Å². The molecule has 4 nitrogen and oxygen atoms in total. The average molecular weight is 232 g/mol. The van der Waals surface area contributed by atoms with Crippen LogP contribution >= 0.6 is 0 Å². The van der Waals surface area contributed by atoms with Crippen molar-refractivity contribution in [2.24, 2.45) is 5.73 Å². The highest BCUT2D eigenvalue weighted by Gasteiger charge is 2.28. The molecule has 1 atom stereocenters. The molecule has 0 saturated carbocycles. The number of rotatable bonds is 1. The molecule has 0 spiro atoms. The van der Waals surface area contributed by atoms with Gasteiger partial charge < -0.3 is 15.8 Å². The zero-order valence-electron chi connectivity index (χ0n) is 9.88. The predicted molar refractivity (Wildman–Crippen MR) is 65.3 cm³/mol. The SMILES string of the molecule is Cc1c2c(cc3c1OC(CN)C3)CCC(=O)N2. The molecular weight excluding hydrogens is 216 g/mol. The van der Waals surface area contributed by atoms with Crippen LogP contribution in [0, 0.1) is 6.92 Å². The molecular formula is C13H16N2O2. The Labute approximate surface area is 100 Å². The monoisotopic (exact) mass is 232 g/mol. The van der Waals surface area contributed by atoms with Gasteiger partial charge in [0.1, 0.15) is 11.9 Å². The third kappa shape index (κ3) is 1.60. The molecule has 0 saturated heterocycles. The first-order valence-corrected chi connectivity index (χ1v) is 6.01. The summed E-state index contributed by atoms with van der Waals surface area (Å²) in [5.41, 5.74) is 10.1. The summed E-state index contributed by atoms with van der Waals surface area (Å²) in [6.45, 7) is 2.54. The van der Waals surface area contributed by atoms with Crippen LogP contribution in [0.25, 0.3) is 0 Å². The van der Waals surface area contributed by atoms with E-state index in [1.807, 2.05) is 6.92 Å². The zero-order valence-corrected chi connectivity index (χ0v) is 9.88. The number of fused-ring (bicyclic) bond motifs is 2. The quantitative estimate of drug-likeness (QED) is 0.763. The minimum Gasteiger partial charge on any atom is -0.488 e. The van der Waals surface area contributed by atoms with E-state index in [9.17, 15) is 4.79 Å². The summed E-state index contributed by atoms with van der Waals surface area (Å²) in [6, 6.07) is 2.16. The molecule has 17 heavy (non-hydrogen) atoms. The molecule has 0 fully saturated rings. The van der Waals surface area contributed by atoms with Gasteiger partial charge in [-0.05, 0) is 30.5 Å². The van der Waals surface area contributed by atoms with Gasteiger partial charge in [-0.25, -0.2) is 0 Å². The number of hydrogen-bond acceptors (Lipinski definition) is 3. The van der Waals surface area contributed by atoms with Crippen LogP contribution in [-0.2, 0) is 17.6 Å². The Balaban J connectivity index is 2.07. The third-order valence-corrected chi connectivity index (χ3v) is 3.56. The molecule has 4 heteroatoms. The Bertz CT molecular complexity index is 497. The fraction of sp³-hybridized carbons (Fsp3) is 0.462. The third-order valence-electron chi connectivity index (χ3n) is 3.56. The first-order valence-electron chi connectivity index (χ1n) is 6.01. The van der Waals surface area contributed by atoms with Crippen molar-refractivity contribution in [3.63, 3.8) is 0 Å². The summed E-state index contributed by atoms with van der Waals surface area (Å²) in [5.74, 6) is 1.01. The zero-order chi connectivity index (χ0) is 12.0. The molecule has 1 aromatic rings. The van der Waals surface area contributed by atoms with Crippen molar-refractivity contribution < 1.29 is 9.53 Å². The van der Waals surface area contributed by atoms with Crippen LogP contribution in [0.5, 0.6) is 5.75 Å². The Hall–Kier alpha value is -1.55. The van der Waals surface area contributed by atoms with E-state index in [0.29, 0.717) is 13.0 Å². The van der Waals surface area contributed by atoms with E-state index in [-0.39, 0.29) is 12.0 Å². The molecule has 0 aliphatic carbocycles. The van der Waals surface area contributed by atoms with Crippen LogP contribution in [0.15, 0.2) is 6.07 Å². The van der Waals surface area contributed by atoms with Crippen LogP contribution in [0.1, 0.15) is 23.1 Å². The van der Waals surface area contributed by atoms with Gasteiger partial charge in [-0.1, -0.05) is 0 Å². The first-order chi connectivity index (χ1) is 8.19. The topological polar surface area (TPSA) is 64.3 Å². The highest BCUT2D eigenvalue weighted by molar-refractivity contribution is 5.95. The van der Waals surface area contributed by atoms with Gasteiger partial charge in [0.05, 0.1) is 5.69 Å². The van der Waals surface area contributed by atoms with E-state index < -0.39 is 0 Å². The number of benzene rings is 1. The van der Waals surface area contributed by atoms with Crippen molar-refractivity contribution in [2.75, 3.05) is 11.9 Å². The van der Waals surface area contributed by atoms with Crippen molar-refractivity contribution in [2.45, 2.75) is 32.3 Å². The largest absolute Gasteiger partial charge is 0.488 e. The van der Waals surface area contributed by atoms with Crippen molar-refractivity contribution in [3.05, 3.63) is 22.8 Å². The van der Waals surface area contributed by atoms with Gasteiger partial charge in [0, 0.05) is 24.9 Å². The molecule has 1 amide bonds. The molecule has 0 bridgehead atoms. The number of carbonyl (C=O) groups is 1. The number of anilines is 1. The smallest absolute Gasteiger partial charge is 0.224 e. The summed E-state index contributed by atoms with van der Waals surface area (Å²) in [4.78, 5) is 11.4. The molecule has 3 N–H and O–H groups in total. The van der Waals surface area contributed by atoms with Gasteiger partial charge >= 0.3 is 0 Å². The number of amides is 1. The lowest BCUT2D eigenvalue weighted by Crippen LogP contribution is -2.24. The van der Waals surface area contributed by atoms with Crippen LogP contribution in [0.3, 0.4) is 0 Å². The molecule has 1 aromatic carbocycles. The summed E-state index contributed by atoms with van der Waals surface area (Å²) >= 11 is 0. The maximum Gasteiger partial charge on any atom is 0.224 e.